The number of nitrogens with zero attached hydrogens (tertiary/aromatic N) is 3. The Morgan fingerprint density at radius 2 is 2.00 bits per heavy atom. The fraction of sp³-hybridized carbons (Fsp3) is 0.636. The lowest BCUT2D eigenvalue weighted by Crippen LogP contribution is -2.39. The van der Waals surface area contributed by atoms with Gasteiger partial charge in [0.25, 0.3) is 0 Å². The number of piperidine rings is 1. The van der Waals surface area contributed by atoms with E-state index in [1.807, 2.05) is 19.9 Å². The first-order valence-electron chi connectivity index (χ1n) is 5.40. The minimum Gasteiger partial charge on any atom is -0.391 e. The summed E-state index contributed by atoms with van der Waals surface area (Å²) in [6.45, 7) is 5.54. The Balaban J connectivity index is 2.20. The van der Waals surface area contributed by atoms with Crippen LogP contribution in [0.25, 0.3) is 0 Å². The van der Waals surface area contributed by atoms with Gasteiger partial charge in [-0.05, 0) is 32.8 Å². The molecule has 1 fully saturated rings. The number of aromatic nitrogens is 2. The molecule has 0 radical (unpaired) electrons. The normalized spacial score (nSPS) is 21.8. The second-order valence-electron chi connectivity index (χ2n) is 4.19. The van der Waals surface area contributed by atoms with Crippen molar-refractivity contribution in [1.82, 2.24) is 9.97 Å². The third-order valence-electron chi connectivity index (χ3n) is 2.65. The highest BCUT2D eigenvalue weighted by atomic mass is 16.3. The zero-order valence-corrected chi connectivity index (χ0v) is 9.27. The Morgan fingerprint density at radius 3 is 2.60 bits per heavy atom. The molecule has 82 valence electrons. The van der Waals surface area contributed by atoms with E-state index in [2.05, 4.69) is 14.9 Å². The molecule has 1 saturated heterocycles. The average Bonchev–Trinajstić information content (AvgIpc) is 2.16. The van der Waals surface area contributed by atoms with Crippen LogP contribution < -0.4 is 4.90 Å². The molecule has 1 aliphatic rings. The van der Waals surface area contributed by atoms with E-state index >= 15 is 0 Å². The maximum absolute atomic E-state index is 9.58. The molecule has 0 aromatic carbocycles. The van der Waals surface area contributed by atoms with Gasteiger partial charge in [0.15, 0.2) is 0 Å². The largest absolute Gasteiger partial charge is 0.391 e. The summed E-state index contributed by atoms with van der Waals surface area (Å²) in [5, 5.41) is 9.58. The number of β-amino-alcohol motifs (C(OH)–C–C–N with tert-alkyl or cyclic N) is 1. The fourth-order valence-electron chi connectivity index (χ4n) is 1.99. The topological polar surface area (TPSA) is 49.2 Å². The third-order valence-corrected chi connectivity index (χ3v) is 2.65. The van der Waals surface area contributed by atoms with Gasteiger partial charge in [0.1, 0.15) is 0 Å². The van der Waals surface area contributed by atoms with Gasteiger partial charge in [-0.2, -0.15) is 0 Å². The number of hydrogen-bond acceptors (Lipinski definition) is 4. The Hall–Kier alpha value is -1.16. The van der Waals surface area contributed by atoms with Crippen molar-refractivity contribution in [3.63, 3.8) is 0 Å². The first-order chi connectivity index (χ1) is 7.15. The van der Waals surface area contributed by atoms with Crippen molar-refractivity contribution in [2.75, 3.05) is 18.0 Å². The summed E-state index contributed by atoms with van der Waals surface area (Å²) < 4.78 is 0. The van der Waals surface area contributed by atoms with Crippen LogP contribution in [0, 0.1) is 13.8 Å². The van der Waals surface area contributed by atoms with Crippen LogP contribution in [-0.4, -0.2) is 34.3 Å². The Bertz CT molecular complexity index is 333. The molecule has 0 spiro atoms. The average molecular weight is 207 g/mol. The van der Waals surface area contributed by atoms with E-state index in [1.54, 1.807) is 0 Å². The lowest BCUT2D eigenvalue weighted by Gasteiger charge is -2.30. The Kier molecular flexibility index (Phi) is 2.86. The van der Waals surface area contributed by atoms with E-state index < -0.39 is 0 Å². The van der Waals surface area contributed by atoms with E-state index in [1.165, 1.54) is 0 Å². The van der Waals surface area contributed by atoms with Gasteiger partial charge >= 0.3 is 0 Å². The van der Waals surface area contributed by atoms with Gasteiger partial charge in [-0.1, -0.05) is 0 Å². The van der Waals surface area contributed by atoms with Gasteiger partial charge in [-0.3, -0.25) is 0 Å². The first-order valence-corrected chi connectivity index (χ1v) is 5.40. The number of anilines is 1. The van der Waals surface area contributed by atoms with Crippen LogP contribution >= 0.6 is 0 Å². The molecule has 1 aliphatic heterocycles. The third kappa shape index (κ3) is 2.45. The highest BCUT2D eigenvalue weighted by Crippen LogP contribution is 2.16. The molecule has 4 nitrogen and oxygen atoms in total. The van der Waals surface area contributed by atoms with Crippen LogP contribution in [-0.2, 0) is 0 Å². The molecule has 1 aromatic rings. The van der Waals surface area contributed by atoms with Crippen LogP contribution in [0.1, 0.15) is 24.2 Å². The Labute approximate surface area is 90.0 Å². The van der Waals surface area contributed by atoms with Crippen molar-refractivity contribution in [2.24, 2.45) is 0 Å². The van der Waals surface area contributed by atoms with E-state index in [0.29, 0.717) is 6.54 Å². The van der Waals surface area contributed by atoms with Crippen molar-refractivity contribution in [3.05, 3.63) is 17.5 Å². The van der Waals surface area contributed by atoms with E-state index in [-0.39, 0.29) is 6.10 Å². The molecule has 2 heterocycles. The van der Waals surface area contributed by atoms with Crippen LogP contribution in [0.2, 0.25) is 0 Å². The van der Waals surface area contributed by atoms with Crippen molar-refractivity contribution in [1.29, 1.82) is 0 Å². The smallest absolute Gasteiger partial charge is 0.225 e. The molecule has 0 unspecified atom stereocenters. The summed E-state index contributed by atoms with van der Waals surface area (Å²) in [6, 6.07) is 1.96. The van der Waals surface area contributed by atoms with Crippen molar-refractivity contribution in [2.45, 2.75) is 32.8 Å². The summed E-state index contributed by atoms with van der Waals surface area (Å²) in [6.07, 6.45) is 1.67. The van der Waals surface area contributed by atoms with Crippen LogP contribution in [0.15, 0.2) is 6.07 Å². The van der Waals surface area contributed by atoms with Gasteiger partial charge in [0, 0.05) is 24.5 Å². The summed E-state index contributed by atoms with van der Waals surface area (Å²) in [5.41, 5.74) is 1.97. The van der Waals surface area contributed by atoms with Crippen molar-refractivity contribution < 1.29 is 5.11 Å². The number of rotatable bonds is 1. The number of hydrogen-bond donors (Lipinski definition) is 1. The molecular weight excluding hydrogens is 190 g/mol. The summed E-state index contributed by atoms with van der Waals surface area (Å²) in [4.78, 5) is 10.9. The molecule has 15 heavy (non-hydrogen) atoms. The van der Waals surface area contributed by atoms with E-state index in [4.69, 9.17) is 0 Å². The van der Waals surface area contributed by atoms with Crippen LogP contribution in [0.3, 0.4) is 0 Å². The first kappa shape index (κ1) is 10.4. The monoisotopic (exact) mass is 207 g/mol. The molecule has 0 bridgehead atoms. The highest BCUT2D eigenvalue weighted by molar-refractivity contribution is 5.32. The molecule has 1 atom stereocenters. The number of aliphatic hydroxyl groups is 1. The van der Waals surface area contributed by atoms with Gasteiger partial charge in [0.2, 0.25) is 5.95 Å². The minimum absolute atomic E-state index is 0.233. The molecule has 4 heteroatoms. The van der Waals surface area contributed by atoms with Crippen LogP contribution in [0.5, 0.6) is 0 Å². The van der Waals surface area contributed by atoms with Gasteiger partial charge in [-0.15, -0.1) is 0 Å². The summed E-state index contributed by atoms with van der Waals surface area (Å²) in [5.74, 6) is 0.756. The maximum atomic E-state index is 9.58. The molecule has 0 amide bonds. The summed E-state index contributed by atoms with van der Waals surface area (Å²) in [7, 11) is 0. The highest BCUT2D eigenvalue weighted by Gasteiger charge is 2.19. The second kappa shape index (κ2) is 4.14. The second-order valence-corrected chi connectivity index (χ2v) is 4.19. The van der Waals surface area contributed by atoms with Crippen LogP contribution in [0.4, 0.5) is 5.95 Å². The van der Waals surface area contributed by atoms with Crippen molar-refractivity contribution >= 4 is 5.95 Å². The van der Waals surface area contributed by atoms with Gasteiger partial charge < -0.3 is 10.0 Å². The maximum Gasteiger partial charge on any atom is 0.225 e. The molecule has 2 rings (SSSR count). The summed E-state index contributed by atoms with van der Waals surface area (Å²) >= 11 is 0. The standard InChI is InChI=1S/C11H17N3O/c1-8-6-9(2)13-11(12-8)14-5-3-4-10(15)7-14/h6,10,15H,3-5,7H2,1-2H3/t10-/m0/s1. The molecule has 0 aliphatic carbocycles. The minimum atomic E-state index is -0.233. The van der Waals surface area contributed by atoms with Gasteiger partial charge in [-0.25, -0.2) is 9.97 Å². The predicted molar refractivity (Wildman–Crippen MR) is 59.0 cm³/mol. The number of aryl methyl sites for hydroxylation is 2. The SMILES string of the molecule is Cc1cc(C)nc(N2CCC[C@H](O)C2)n1. The molecule has 1 N–H and O–H groups in total. The lowest BCUT2D eigenvalue weighted by atomic mass is 10.1. The van der Waals surface area contributed by atoms with Crippen molar-refractivity contribution in [3.8, 4) is 0 Å². The lowest BCUT2D eigenvalue weighted by molar-refractivity contribution is 0.153. The molecule has 0 saturated carbocycles. The molecule has 1 aromatic heterocycles. The molecular formula is C11H17N3O. The fourth-order valence-corrected chi connectivity index (χ4v) is 1.99. The zero-order valence-electron chi connectivity index (χ0n) is 9.27. The quantitative estimate of drug-likeness (QED) is 0.748. The van der Waals surface area contributed by atoms with E-state index in [9.17, 15) is 5.11 Å². The van der Waals surface area contributed by atoms with Gasteiger partial charge in [0.05, 0.1) is 6.10 Å². The zero-order chi connectivity index (χ0) is 10.8. The number of aliphatic hydroxyl groups excluding tert-OH is 1. The predicted octanol–water partition coefficient (Wildman–Crippen LogP) is 1.05. The van der Waals surface area contributed by atoms with E-state index in [0.717, 1.165) is 36.7 Å². The Morgan fingerprint density at radius 1 is 1.33 bits per heavy atom.